The van der Waals surface area contributed by atoms with Gasteiger partial charge in [0.2, 0.25) is 0 Å². The van der Waals surface area contributed by atoms with Crippen LogP contribution in [0.3, 0.4) is 0 Å². The third-order valence-electron chi connectivity index (χ3n) is 8.37. The standard InChI is InChI=1S/C21H30Br2O2.C21H32O2.2Na.O3S/c1-5-6-7-11-16-18(22)20(24)17(21(25)19(16)23)13-12-15(4)10-8-9-14(2)3;1-5-6-7-11-18-14-20(22)19(21(23)15-18)13-12-17(4)10-8-9-16(2)3;;;1-4(2)3/h9,12,24-25H,5-8,10-11,13H2,1-4H3;9,12,14-15,22-23H,5-8,10-11,13H2,1-4H3;;;/q;;2*+1;-2/b15-12+;17-12+;;;. The Morgan fingerprint density at radius 1 is 0.630 bits per heavy atom. The molecule has 2 aromatic rings. The zero-order valence-electron chi connectivity index (χ0n) is 34.5. The molecule has 54 heavy (non-hydrogen) atoms. The molecular weight excluding hydrogens is 854 g/mol. The van der Waals surface area contributed by atoms with E-state index in [2.05, 4.69) is 112 Å². The van der Waals surface area contributed by atoms with Crippen LogP contribution in [0.25, 0.3) is 0 Å². The largest absolute Gasteiger partial charge is 1.00 e. The predicted octanol–water partition coefficient (Wildman–Crippen LogP) is 7.09. The molecule has 0 unspecified atom stereocenters. The van der Waals surface area contributed by atoms with Crippen LogP contribution in [0.2, 0.25) is 0 Å². The average molecular weight is 917 g/mol. The number of phenolic OH excluding ortho intramolecular Hbond substituents is 4. The number of hydrogen-bond acceptors (Lipinski definition) is 8. The zero-order valence-corrected chi connectivity index (χ0v) is 42.5. The van der Waals surface area contributed by atoms with E-state index in [-0.39, 0.29) is 82.1 Å². The maximum Gasteiger partial charge on any atom is 1.00 e. The van der Waals surface area contributed by atoms with Crippen LogP contribution in [0, 0.1) is 0 Å². The van der Waals surface area contributed by atoms with Gasteiger partial charge < -0.3 is 33.4 Å². The van der Waals surface area contributed by atoms with Crippen molar-refractivity contribution in [2.24, 2.45) is 0 Å². The fourth-order valence-electron chi connectivity index (χ4n) is 5.29. The molecule has 7 nitrogen and oxygen atoms in total. The van der Waals surface area contributed by atoms with E-state index < -0.39 is 11.0 Å². The molecule has 0 radical (unpaired) electrons. The van der Waals surface area contributed by atoms with Crippen molar-refractivity contribution < 1.29 is 92.5 Å². The van der Waals surface area contributed by atoms with Crippen LogP contribution in [0.4, 0.5) is 0 Å². The van der Waals surface area contributed by atoms with E-state index in [9.17, 15) is 20.4 Å². The summed E-state index contributed by atoms with van der Waals surface area (Å²) in [5.41, 5.74) is 8.37. The normalized spacial score (nSPS) is 11.0. The van der Waals surface area contributed by atoms with Crippen molar-refractivity contribution in [3.05, 3.63) is 89.9 Å². The van der Waals surface area contributed by atoms with Crippen molar-refractivity contribution >= 4 is 42.8 Å². The number of allylic oxidation sites excluding steroid dienone is 8. The van der Waals surface area contributed by atoms with E-state index in [4.69, 9.17) is 13.0 Å². The second-order valence-corrected chi connectivity index (χ2v) is 15.7. The van der Waals surface area contributed by atoms with Crippen molar-refractivity contribution in [3.8, 4) is 23.0 Å². The average Bonchev–Trinajstić information content (AvgIpc) is 3.05. The molecule has 0 spiro atoms. The van der Waals surface area contributed by atoms with Crippen molar-refractivity contribution in [3.63, 3.8) is 0 Å². The summed E-state index contributed by atoms with van der Waals surface area (Å²) in [5, 5.41) is 41.5. The molecule has 0 atom stereocenters. The summed E-state index contributed by atoms with van der Waals surface area (Å²) >= 11 is 7.03. The molecule has 2 aromatic carbocycles. The molecule has 12 heteroatoms. The minimum absolute atomic E-state index is 0. The number of benzene rings is 2. The summed E-state index contributed by atoms with van der Waals surface area (Å²) in [6.07, 6.45) is 22.3. The first kappa shape index (κ1) is 57.8. The number of phenols is 4. The summed E-state index contributed by atoms with van der Waals surface area (Å²) < 4.78 is 26.7. The van der Waals surface area contributed by atoms with Gasteiger partial charge in [0.1, 0.15) is 23.0 Å². The molecule has 0 bridgehead atoms. The van der Waals surface area contributed by atoms with Gasteiger partial charge in [-0.05, 0) is 161 Å². The smallest absolute Gasteiger partial charge is 0.917 e. The van der Waals surface area contributed by atoms with Crippen LogP contribution in [0.1, 0.15) is 142 Å². The maximum atomic E-state index is 10.5. The molecule has 0 heterocycles. The van der Waals surface area contributed by atoms with Crippen molar-refractivity contribution in [2.45, 2.75) is 145 Å². The molecule has 0 aliphatic heterocycles. The minimum atomic E-state index is -3.11. The second kappa shape index (κ2) is 33.4. The Bertz CT molecular complexity index is 1530. The monoisotopic (exact) mass is 914 g/mol. The first-order chi connectivity index (χ1) is 24.5. The Hall–Kier alpha value is -0.530. The van der Waals surface area contributed by atoms with Gasteiger partial charge in [-0.1, -0.05) is 86.1 Å². The number of hydrogen-bond donors (Lipinski definition) is 4. The summed E-state index contributed by atoms with van der Waals surface area (Å²) in [6.45, 7) is 17.0. The molecule has 0 aliphatic carbocycles. The van der Waals surface area contributed by atoms with Gasteiger partial charge in [-0.3, -0.25) is 0 Å². The first-order valence-corrected chi connectivity index (χ1v) is 20.8. The van der Waals surface area contributed by atoms with Gasteiger partial charge in [0.25, 0.3) is 0 Å². The van der Waals surface area contributed by atoms with Crippen molar-refractivity contribution in [1.29, 1.82) is 0 Å². The Balaban J connectivity index is -0.000000849. The van der Waals surface area contributed by atoms with Crippen LogP contribution in [0.5, 0.6) is 23.0 Å². The summed E-state index contributed by atoms with van der Waals surface area (Å²) in [7, 11) is -3.11. The van der Waals surface area contributed by atoms with Gasteiger partial charge in [-0.25, -0.2) is 0 Å². The van der Waals surface area contributed by atoms with Crippen LogP contribution >= 0.6 is 31.9 Å². The topological polar surface area (TPSA) is 138 Å². The first-order valence-electron chi connectivity index (χ1n) is 18.3. The van der Waals surface area contributed by atoms with Gasteiger partial charge in [0.05, 0.1) is 8.95 Å². The van der Waals surface area contributed by atoms with E-state index in [1.807, 2.05) is 0 Å². The number of halogens is 2. The van der Waals surface area contributed by atoms with Crippen LogP contribution in [-0.4, -0.2) is 25.0 Å². The van der Waals surface area contributed by atoms with Gasteiger partial charge in [0, 0.05) is 11.1 Å². The molecule has 4 N–H and O–H groups in total. The third-order valence-corrected chi connectivity index (χ3v) is 10.1. The Labute approximate surface area is 389 Å². The van der Waals surface area contributed by atoms with E-state index in [0.717, 1.165) is 75.3 Å². The quantitative estimate of drug-likeness (QED) is 0.0313. The summed E-state index contributed by atoms with van der Waals surface area (Å²) in [4.78, 5) is 0. The van der Waals surface area contributed by atoms with Gasteiger partial charge >= 0.3 is 59.1 Å². The van der Waals surface area contributed by atoms with Gasteiger partial charge in [-0.2, -0.15) is 11.0 Å². The zero-order chi connectivity index (χ0) is 39.8. The molecule has 294 valence electrons. The number of rotatable bonds is 18. The fourth-order valence-corrected chi connectivity index (χ4v) is 6.83. The number of aryl methyl sites for hydroxylation is 1. The SMILES string of the molecule is CCCCCc1c(Br)c(O)c(C/C=C(\C)CCC=C(C)C)c(O)c1Br.CCCCCc1cc(O)c(C/C=C(\C)CCC=C(C)C)c(O)c1.O=[S-](=O)[O-].[Na+].[Na+]. The van der Waals surface area contributed by atoms with E-state index in [1.54, 1.807) is 12.1 Å². The third kappa shape index (κ3) is 25.7. The van der Waals surface area contributed by atoms with Gasteiger partial charge in [0.15, 0.2) is 0 Å². The van der Waals surface area contributed by atoms with Crippen molar-refractivity contribution in [2.75, 3.05) is 0 Å². The van der Waals surface area contributed by atoms with E-state index in [1.165, 1.54) is 35.1 Å². The summed E-state index contributed by atoms with van der Waals surface area (Å²) in [5.74, 6) is 0.732. The molecule has 0 amide bonds. The van der Waals surface area contributed by atoms with Crippen molar-refractivity contribution in [1.82, 2.24) is 0 Å². The molecule has 0 fully saturated rings. The van der Waals surface area contributed by atoms with E-state index >= 15 is 0 Å². The van der Waals surface area contributed by atoms with Crippen LogP contribution in [-0.2, 0) is 45.1 Å². The predicted molar refractivity (Wildman–Crippen MR) is 223 cm³/mol. The number of unbranched alkanes of at least 4 members (excludes halogenated alkanes) is 4. The molecule has 0 aromatic heterocycles. The molecule has 0 aliphatic rings. The minimum Gasteiger partial charge on any atom is -0.917 e. The molecular formula is C42H62Br2Na2O7S. The second-order valence-electron chi connectivity index (χ2n) is 13.7. The van der Waals surface area contributed by atoms with Gasteiger partial charge in [-0.15, -0.1) is 0 Å². The Kier molecular flexibility index (Phi) is 35.8. The maximum absolute atomic E-state index is 10.5. The van der Waals surface area contributed by atoms with Crippen LogP contribution < -0.4 is 59.1 Å². The van der Waals surface area contributed by atoms with E-state index in [0.29, 0.717) is 32.9 Å². The molecule has 2 rings (SSSR count). The Morgan fingerprint density at radius 3 is 1.37 bits per heavy atom. The summed E-state index contributed by atoms with van der Waals surface area (Å²) in [6, 6.07) is 3.61. The number of aromatic hydroxyl groups is 4. The van der Waals surface area contributed by atoms with Crippen LogP contribution in [0.15, 0.2) is 67.7 Å². The fraction of sp³-hybridized carbons (Fsp3) is 0.524. The molecule has 0 saturated carbocycles. The Morgan fingerprint density at radius 2 is 1.00 bits per heavy atom. The molecule has 0 saturated heterocycles.